The zero-order chi connectivity index (χ0) is 11.1. The Labute approximate surface area is 95.8 Å². The van der Waals surface area contributed by atoms with E-state index < -0.39 is 0 Å². The summed E-state index contributed by atoms with van der Waals surface area (Å²) in [7, 11) is 3.81. The number of aliphatic imine (C=N–C) groups is 1. The number of nitrogens with one attached hydrogen (secondary N) is 1. The standard InChI is InChI=1S/C11H15N3S/c1-14(2)9-13-11(15)12-8-10-6-4-3-5-7-10/h3-7,9H,8H2,1-2H3,(H,12,15). The minimum Gasteiger partial charge on any atom is -0.369 e. The van der Waals surface area contributed by atoms with Crippen molar-refractivity contribution in [2.45, 2.75) is 6.54 Å². The van der Waals surface area contributed by atoms with E-state index in [1.165, 1.54) is 5.56 Å². The van der Waals surface area contributed by atoms with Crippen LogP contribution < -0.4 is 5.32 Å². The number of nitrogens with zero attached hydrogens (tertiary/aromatic N) is 2. The zero-order valence-corrected chi connectivity index (χ0v) is 9.79. The van der Waals surface area contributed by atoms with E-state index in [4.69, 9.17) is 12.2 Å². The van der Waals surface area contributed by atoms with Crippen LogP contribution in [0.1, 0.15) is 5.56 Å². The van der Waals surface area contributed by atoms with Crippen molar-refractivity contribution >= 4 is 23.7 Å². The van der Waals surface area contributed by atoms with Crippen LogP contribution in [0.2, 0.25) is 0 Å². The van der Waals surface area contributed by atoms with Crippen LogP contribution in [0.4, 0.5) is 0 Å². The lowest BCUT2D eigenvalue weighted by molar-refractivity contribution is 0.643. The first-order valence-electron chi connectivity index (χ1n) is 4.71. The second-order valence-corrected chi connectivity index (χ2v) is 3.74. The fourth-order valence-corrected chi connectivity index (χ4v) is 1.11. The van der Waals surface area contributed by atoms with Gasteiger partial charge in [0.05, 0.1) is 6.34 Å². The van der Waals surface area contributed by atoms with E-state index in [0.29, 0.717) is 11.7 Å². The number of hydrogen-bond acceptors (Lipinski definition) is 1. The van der Waals surface area contributed by atoms with E-state index in [-0.39, 0.29) is 0 Å². The van der Waals surface area contributed by atoms with E-state index in [2.05, 4.69) is 10.3 Å². The van der Waals surface area contributed by atoms with E-state index in [9.17, 15) is 0 Å². The summed E-state index contributed by atoms with van der Waals surface area (Å²) in [5, 5.41) is 3.57. The topological polar surface area (TPSA) is 27.6 Å². The van der Waals surface area contributed by atoms with Gasteiger partial charge in [-0.05, 0) is 17.8 Å². The molecule has 1 aromatic carbocycles. The lowest BCUT2D eigenvalue weighted by Crippen LogP contribution is -2.20. The highest BCUT2D eigenvalue weighted by Gasteiger charge is 1.92. The van der Waals surface area contributed by atoms with Crippen molar-refractivity contribution < 1.29 is 0 Å². The van der Waals surface area contributed by atoms with E-state index in [1.54, 1.807) is 6.34 Å². The molecule has 0 fully saturated rings. The predicted molar refractivity (Wildman–Crippen MR) is 68.1 cm³/mol. The number of benzene rings is 1. The van der Waals surface area contributed by atoms with Crippen LogP contribution in [0.5, 0.6) is 0 Å². The molecule has 0 aromatic heterocycles. The number of hydrogen-bond donors (Lipinski definition) is 1. The molecular formula is C11H15N3S. The molecule has 0 aliphatic rings. The summed E-state index contributed by atoms with van der Waals surface area (Å²) in [6.07, 6.45) is 1.68. The fraction of sp³-hybridized carbons (Fsp3) is 0.273. The van der Waals surface area contributed by atoms with Gasteiger partial charge in [-0.15, -0.1) is 0 Å². The third-order valence-corrected chi connectivity index (χ3v) is 1.94. The zero-order valence-electron chi connectivity index (χ0n) is 8.97. The van der Waals surface area contributed by atoms with Gasteiger partial charge in [0.1, 0.15) is 0 Å². The third kappa shape index (κ3) is 5.12. The summed E-state index contributed by atoms with van der Waals surface area (Å²) in [6, 6.07) is 10.1. The van der Waals surface area contributed by atoms with Crippen molar-refractivity contribution in [3.8, 4) is 0 Å². The molecule has 0 unspecified atom stereocenters. The molecule has 4 heteroatoms. The lowest BCUT2D eigenvalue weighted by atomic mass is 10.2. The number of thiocarbonyl (C=S) groups is 1. The molecular weight excluding hydrogens is 206 g/mol. The monoisotopic (exact) mass is 221 g/mol. The maximum absolute atomic E-state index is 5.04. The first-order chi connectivity index (χ1) is 7.18. The summed E-state index contributed by atoms with van der Waals surface area (Å²) in [4.78, 5) is 5.90. The maximum Gasteiger partial charge on any atom is 0.194 e. The quantitative estimate of drug-likeness (QED) is 0.478. The van der Waals surface area contributed by atoms with Crippen molar-refractivity contribution in [2.24, 2.45) is 4.99 Å². The summed E-state index contributed by atoms with van der Waals surface area (Å²) >= 11 is 5.04. The van der Waals surface area contributed by atoms with Crippen LogP contribution in [0.15, 0.2) is 35.3 Å². The Kier molecular flexibility index (Phi) is 4.77. The normalized spacial score (nSPS) is 10.3. The van der Waals surface area contributed by atoms with Crippen molar-refractivity contribution in [1.82, 2.24) is 10.2 Å². The molecule has 0 amide bonds. The summed E-state index contributed by atoms with van der Waals surface area (Å²) in [5.41, 5.74) is 1.19. The Morgan fingerprint density at radius 1 is 1.40 bits per heavy atom. The highest BCUT2D eigenvalue weighted by Crippen LogP contribution is 1.97. The fourth-order valence-electron chi connectivity index (χ4n) is 0.987. The van der Waals surface area contributed by atoms with Crippen LogP contribution in [-0.4, -0.2) is 30.4 Å². The van der Waals surface area contributed by atoms with Gasteiger partial charge in [-0.1, -0.05) is 30.3 Å². The number of rotatable bonds is 3. The van der Waals surface area contributed by atoms with Crippen molar-refractivity contribution in [3.05, 3.63) is 35.9 Å². The van der Waals surface area contributed by atoms with Gasteiger partial charge < -0.3 is 10.2 Å². The van der Waals surface area contributed by atoms with Crippen molar-refractivity contribution in [3.63, 3.8) is 0 Å². The van der Waals surface area contributed by atoms with E-state index >= 15 is 0 Å². The van der Waals surface area contributed by atoms with Crippen LogP contribution in [0.25, 0.3) is 0 Å². The molecule has 1 rings (SSSR count). The summed E-state index contributed by atoms with van der Waals surface area (Å²) < 4.78 is 0. The van der Waals surface area contributed by atoms with Gasteiger partial charge in [0, 0.05) is 20.6 Å². The van der Waals surface area contributed by atoms with Crippen LogP contribution in [-0.2, 0) is 6.54 Å². The maximum atomic E-state index is 5.04. The van der Waals surface area contributed by atoms with Crippen LogP contribution in [0.3, 0.4) is 0 Å². The van der Waals surface area contributed by atoms with Crippen molar-refractivity contribution in [1.29, 1.82) is 0 Å². The Morgan fingerprint density at radius 3 is 2.67 bits per heavy atom. The lowest BCUT2D eigenvalue weighted by Gasteiger charge is -2.05. The molecule has 0 saturated heterocycles. The second kappa shape index (κ2) is 6.14. The van der Waals surface area contributed by atoms with Gasteiger partial charge in [0.2, 0.25) is 0 Å². The van der Waals surface area contributed by atoms with Crippen LogP contribution >= 0.6 is 12.2 Å². The molecule has 0 radical (unpaired) electrons. The highest BCUT2D eigenvalue weighted by atomic mass is 32.1. The molecule has 80 valence electrons. The minimum absolute atomic E-state index is 0.507. The molecule has 15 heavy (non-hydrogen) atoms. The van der Waals surface area contributed by atoms with Gasteiger partial charge >= 0.3 is 0 Å². The average molecular weight is 221 g/mol. The molecule has 0 aliphatic carbocycles. The second-order valence-electron chi connectivity index (χ2n) is 3.35. The molecule has 3 nitrogen and oxygen atoms in total. The van der Waals surface area contributed by atoms with Gasteiger partial charge in [0.15, 0.2) is 5.11 Å². The van der Waals surface area contributed by atoms with Gasteiger partial charge in [-0.3, -0.25) is 0 Å². The van der Waals surface area contributed by atoms with Crippen molar-refractivity contribution in [2.75, 3.05) is 14.1 Å². The molecule has 0 aliphatic heterocycles. The summed E-state index contributed by atoms with van der Waals surface area (Å²) in [6.45, 7) is 0.713. The first kappa shape index (κ1) is 11.7. The van der Waals surface area contributed by atoms with E-state index in [1.807, 2.05) is 49.3 Å². The third-order valence-electron chi connectivity index (χ3n) is 1.69. The predicted octanol–water partition coefficient (Wildman–Crippen LogP) is 1.65. The Hall–Kier alpha value is -1.42. The molecule has 1 N–H and O–H groups in total. The highest BCUT2D eigenvalue weighted by molar-refractivity contribution is 7.80. The smallest absolute Gasteiger partial charge is 0.194 e. The Balaban J connectivity index is 2.35. The Morgan fingerprint density at radius 2 is 2.07 bits per heavy atom. The molecule has 0 saturated carbocycles. The van der Waals surface area contributed by atoms with E-state index in [0.717, 1.165) is 0 Å². The minimum atomic E-state index is 0.507. The molecule has 0 bridgehead atoms. The SMILES string of the molecule is CN(C)C=NC(=S)NCc1ccccc1. The van der Waals surface area contributed by atoms with Crippen LogP contribution in [0, 0.1) is 0 Å². The Bertz CT molecular complexity index is 333. The molecule has 1 aromatic rings. The summed E-state index contributed by atoms with van der Waals surface area (Å²) in [5.74, 6) is 0. The first-order valence-corrected chi connectivity index (χ1v) is 5.11. The molecule has 0 heterocycles. The van der Waals surface area contributed by atoms with Gasteiger partial charge in [0.25, 0.3) is 0 Å². The largest absolute Gasteiger partial charge is 0.369 e. The molecule has 0 spiro atoms. The molecule has 0 atom stereocenters. The average Bonchev–Trinajstić information content (AvgIpc) is 2.25. The van der Waals surface area contributed by atoms with Gasteiger partial charge in [-0.2, -0.15) is 0 Å². The van der Waals surface area contributed by atoms with Gasteiger partial charge in [-0.25, -0.2) is 4.99 Å².